The topological polar surface area (TPSA) is 86.7 Å². The van der Waals surface area contributed by atoms with Crippen LogP contribution in [0.4, 0.5) is 10.5 Å². The fourth-order valence-corrected chi connectivity index (χ4v) is 3.32. The quantitative estimate of drug-likeness (QED) is 0.855. The first-order valence-corrected chi connectivity index (χ1v) is 8.49. The van der Waals surface area contributed by atoms with Gasteiger partial charge in [-0.05, 0) is 48.5 Å². The van der Waals surface area contributed by atoms with Crippen molar-refractivity contribution in [2.75, 3.05) is 5.32 Å². The van der Waals surface area contributed by atoms with Crippen molar-refractivity contribution >= 4 is 34.6 Å². The van der Waals surface area contributed by atoms with Crippen LogP contribution in [0.3, 0.4) is 0 Å². The number of carboxylic acids is 1. The lowest BCUT2D eigenvalue weighted by Crippen LogP contribution is -2.33. The van der Waals surface area contributed by atoms with E-state index in [2.05, 4.69) is 5.32 Å². The molecule has 0 spiro atoms. The highest BCUT2D eigenvalue weighted by Gasteiger charge is 2.39. The number of carbonyl (C=O) groups excluding carboxylic acids is 2. The van der Waals surface area contributed by atoms with E-state index in [0.29, 0.717) is 5.56 Å². The van der Waals surface area contributed by atoms with Crippen molar-refractivity contribution < 1.29 is 19.5 Å². The summed E-state index contributed by atoms with van der Waals surface area (Å²) >= 11 is 0.940. The Labute approximate surface area is 148 Å². The first-order valence-electron chi connectivity index (χ1n) is 7.61. The third-order valence-electron chi connectivity index (χ3n) is 3.82. The van der Waals surface area contributed by atoms with E-state index < -0.39 is 11.3 Å². The van der Waals surface area contributed by atoms with Gasteiger partial charge in [0.1, 0.15) is 0 Å². The molecular weight excluding hydrogens is 340 g/mol. The van der Waals surface area contributed by atoms with E-state index >= 15 is 0 Å². The highest BCUT2D eigenvalue weighted by Crippen LogP contribution is 2.29. The zero-order valence-corrected chi connectivity index (χ0v) is 14.2. The number of imide groups is 1. The summed E-state index contributed by atoms with van der Waals surface area (Å²) in [6.07, 6.45) is 0. The van der Waals surface area contributed by atoms with Crippen LogP contribution < -0.4 is 5.32 Å². The number of nitrogens with one attached hydrogen (secondary N) is 1. The van der Waals surface area contributed by atoms with E-state index in [1.165, 1.54) is 17.0 Å². The second-order valence-corrected chi connectivity index (χ2v) is 6.76. The van der Waals surface area contributed by atoms with Gasteiger partial charge in [0.15, 0.2) is 5.37 Å². The summed E-state index contributed by atoms with van der Waals surface area (Å²) in [6, 6.07) is 13.7. The molecular formula is C18H16N2O4S. The summed E-state index contributed by atoms with van der Waals surface area (Å²) < 4.78 is 0. The van der Waals surface area contributed by atoms with Crippen LogP contribution in [0.15, 0.2) is 48.5 Å². The maximum Gasteiger partial charge on any atom is 0.335 e. The predicted octanol–water partition coefficient (Wildman–Crippen LogP) is 3.33. The van der Waals surface area contributed by atoms with Crippen LogP contribution in [0.2, 0.25) is 0 Å². The van der Waals surface area contributed by atoms with E-state index in [1.807, 2.05) is 31.2 Å². The first-order chi connectivity index (χ1) is 11.9. The third-order valence-corrected chi connectivity index (χ3v) is 4.80. The lowest BCUT2D eigenvalue weighted by Gasteiger charge is -2.15. The number of carbonyl (C=O) groups is 3. The summed E-state index contributed by atoms with van der Waals surface area (Å²) in [6.45, 7) is 2.09. The van der Waals surface area contributed by atoms with Gasteiger partial charge in [0.05, 0.1) is 12.1 Å². The van der Waals surface area contributed by atoms with Crippen LogP contribution in [0.1, 0.15) is 21.5 Å². The summed E-state index contributed by atoms with van der Waals surface area (Å²) in [7, 11) is 0. The van der Waals surface area contributed by atoms with Crippen molar-refractivity contribution in [3.8, 4) is 0 Å². The number of hydrogen-bond acceptors (Lipinski definition) is 5. The molecule has 6 nitrogen and oxygen atoms in total. The Kier molecular flexibility index (Phi) is 4.76. The zero-order chi connectivity index (χ0) is 18.0. The van der Waals surface area contributed by atoms with Crippen LogP contribution in [0.25, 0.3) is 0 Å². The number of thioether (sulfide) groups is 1. The average Bonchev–Trinajstić information content (AvgIpc) is 2.85. The number of benzene rings is 2. The number of hydrogen-bond donors (Lipinski definition) is 2. The maximum absolute atomic E-state index is 12.5. The molecule has 1 fully saturated rings. The number of aryl methyl sites for hydroxylation is 1. The van der Waals surface area contributed by atoms with E-state index in [4.69, 9.17) is 5.11 Å². The largest absolute Gasteiger partial charge is 0.478 e. The first kappa shape index (κ1) is 17.0. The molecule has 0 aromatic heterocycles. The number of rotatable bonds is 5. The summed E-state index contributed by atoms with van der Waals surface area (Å²) in [5.74, 6) is -1.32. The Bertz CT molecular complexity index is 818. The van der Waals surface area contributed by atoms with Gasteiger partial charge in [0.25, 0.3) is 11.1 Å². The van der Waals surface area contributed by atoms with Gasteiger partial charge in [-0.3, -0.25) is 14.5 Å². The van der Waals surface area contributed by atoms with E-state index in [0.717, 1.165) is 23.0 Å². The van der Waals surface area contributed by atoms with Crippen molar-refractivity contribution in [1.82, 2.24) is 4.90 Å². The molecule has 0 unspecified atom stereocenters. The SMILES string of the molecule is Cc1ccc(N[C@@H]2SC(=O)N(Cc3ccc(C(=O)O)cc3)C2=O)cc1. The molecule has 1 aliphatic heterocycles. The monoisotopic (exact) mass is 356 g/mol. The van der Waals surface area contributed by atoms with Crippen molar-refractivity contribution in [1.29, 1.82) is 0 Å². The van der Waals surface area contributed by atoms with Crippen LogP contribution in [-0.4, -0.2) is 32.5 Å². The second-order valence-electron chi connectivity index (χ2n) is 5.70. The molecule has 25 heavy (non-hydrogen) atoms. The highest BCUT2D eigenvalue weighted by atomic mass is 32.2. The maximum atomic E-state index is 12.5. The molecule has 1 heterocycles. The Balaban J connectivity index is 1.68. The smallest absolute Gasteiger partial charge is 0.335 e. The number of aromatic carboxylic acids is 1. The normalized spacial score (nSPS) is 17.0. The minimum Gasteiger partial charge on any atom is -0.478 e. The lowest BCUT2D eigenvalue weighted by molar-refractivity contribution is -0.126. The minimum absolute atomic E-state index is 0.122. The van der Waals surface area contributed by atoms with Crippen LogP contribution in [0, 0.1) is 6.92 Å². The molecule has 1 atom stereocenters. The standard InChI is InChI=1S/C18H16N2O4S/c1-11-2-8-14(9-3-11)19-15-16(21)20(18(24)25-15)10-12-4-6-13(7-5-12)17(22)23/h2-9,15,19H,10H2,1H3,(H,22,23)/t15-/m1/s1. The Hall–Kier alpha value is -2.80. The molecule has 0 radical (unpaired) electrons. The highest BCUT2D eigenvalue weighted by molar-refractivity contribution is 8.15. The molecule has 1 aliphatic rings. The molecule has 2 aromatic carbocycles. The van der Waals surface area contributed by atoms with Gasteiger partial charge in [-0.15, -0.1) is 0 Å². The molecule has 128 valence electrons. The second kappa shape index (κ2) is 6.98. The van der Waals surface area contributed by atoms with Crippen LogP contribution >= 0.6 is 11.8 Å². The van der Waals surface area contributed by atoms with Crippen molar-refractivity contribution in [3.63, 3.8) is 0 Å². The number of anilines is 1. The molecule has 3 rings (SSSR count). The van der Waals surface area contributed by atoms with E-state index in [-0.39, 0.29) is 23.3 Å². The predicted molar refractivity (Wildman–Crippen MR) is 95.5 cm³/mol. The van der Waals surface area contributed by atoms with Gasteiger partial charge in [-0.25, -0.2) is 4.79 Å². The Morgan fingerprint density at radius 3 is 2.36 bits per heavy atom. The lowest BCUT2D eigenvalue weighted by atomic mass is 10.1. The molecule has 2 aromatic rings. The minimum atomic E-state index is -1.02. The van der Waals surface area contributed by atoms with E-state index in [1.54, 1.807) is 12.1 Å². The number of carboxylic acid groups (broad SMARTS) is 1. The van der Waals surface area contributed by atoms with Crippen molar-refractivity contribution in [3.05, 3.63) is 65.2 Å². The Morgan fingerprint density at radius 1 is 1.12 bits per heavy atom. The molecule has 7 heteroatoms. The third kappa shape index (κ3) is 3.83. The summed E-state index contributed by atoms with van der Waals surface area (Å²) in [5.41, 5.74) is 2.75. The van der Waals surface area contributed by atoms with Crippen molar-refractivity contribution in [2.24, 2.45) is 0 Å². The summed E-state index contributed by atoms with van der Waals surface area (Å²) in [4.78, 5) is 36.7. The Morgan fingerprint density at radius 2 is 1.76 bits per heavy atom. The molecule has 0 aliphatic carbocycles. The van der Waals surface area contributed by atoms with Gasteiger partial charge >= 0.3 is 5.97 Å². The van der Waals surface area contributed by atoms with Gasteiger partial charge in [-0.1, -0.05) is 29.8 Å². The summed E-state index contributed by atoms with van der Waals surface area (Å²) in [5, 5.41) is 11.0. The molecule has 2 amide bonds. The van der Waals surface area contributed by atoms with Gasteiger partial charge in [0, 0.05) is 5.69 Å². The van der Waals surface area contributed by atoms with Crippen LogP contribution in [0.5, 0.6) is 0 Å². The van der Waals surface area contributed by atoms with Gasteiger partial charge in [-0.2, -0.15) is 0 Å². The number of amides is 2. The fraction of sp³-hybridized carbons (Fsp3) is 0.167. The molecule has 0 bridgehead atoms. The van der Waals surface area contributed by atoms with Gasteiger partial charge < -0.3 is 10.4 Å². The van der Waals surface area contributed by atoms with E-state index in [9.17, 15) is 14.4 Å². The fourth-order valence-electron chi connectivity index (χ4n) is 2.42. The molecule has 1 saturated heterocycles. The molecule has 2 N–H and O–H groups in total. The van der Waals surface area contributed by atoms with Crippen LogP contribution in [-0.2, 0) is 11.3 Å². The number of nitrogens with zero attached hydrogens (tertiary/aromatic N) is 1. The zero-order valence-electron chi connectivity index (χ0n) is 13.4. The van der Waals surface area contributed by atoms with Gasteiger partial charge in [0.2, 0.25) is 0 Å². The average molecular weight is 356 g/mol. The van der Waals surface area contributed by atoms with Crippen molar-refractivity contribution in [2.45, 2.75) is 18.8 Å². The molecule has 0 saturated carbocycles.